The molecule has 0 spiro atoms. The molecular formula is C34H40FNO4. The van der Waals surface area contributed by atoms with Crippen LogP contribution in [0.15, 0.2) is 60.7 Å². The number of carboxylic acid groups (broad SMARTS) is 1. The van der Waals surface area contributed by atoms with Crippen molar-refractivity contribution in [2.24, 2.45) is 5.92 Å². The van der Waals surface area contributed by atoms with Gasteiger partial charge in [0.15, 0.2) is 0 Å². The Balaban J connectivity index is 1.41. The van der Waals surface area contributed by atoms with Crippen LogP contribution in [0.1, 0.15) is 75.0 Å². The number of aliphatic carboxylic acids is 1. The first-order valence-corrected chi connectivity index (χ1v) is 14.5. The topological polar surface area (TPSA) is 59.0 Å². The van der Waals surface area contributed by atoms with E-state index in [4.69, 9.17) is 9.47 Å². The van der Waals surface area contributed by atoms with Crippen LogP contribution < -0.4 is 9.47 Å². The number of benzene rings is 3. The molecule has 5 rings (SSSR count). The molecule has 5 nitrogen and oxygen atoms in total. The molecule has 3 atom stereocenters. The number of carbonyl (C=O) groups is 1. The van der Waals surface area contributed by atoms with Gasteiger partial charge in [-0.3, -0.25) is 9.69 Å². The maximum atomic E-state index is 15.1. The molecule has 1 heterocycles. The number of rotatable bonds is 11. The molecule has 1 aliphatic carbocycles. The van der Waals surface area contributed by atoms with Crippen molar-refractivity contribution in [2.45, 2.75) is 83.5 Å². The largest absolute Gasteiger partial charge is 0.497 e. The van der Waals surface area contributed by atoms with E-state index < -0.39 is 5.97 Å². The second kappa shape index (κ2) is 12.4. The van der Waals surface area contributed by atoms with E-state index in [1.165, 1.54) is 12.5 Å². The highest BCUT2D eigenvalue weighted by atomic mass is 19.1. The smallest absolute Gasteiger partial charge is 0.303 e. The minimum Gasteiger partial charge on any atom is -0.497 e. The van der Waals surface area contributed by atoms with Crippen LogP contribution in [0.5, 0.6) is 11.5 Å². The van der Waals surface area contributed by atoms with E-state index in [0.717, 1.165) is 60.2 Å². The molecule has 6 heteroatoms. The van der Waals surface area contributed by atoms with Crippen LogP contribution in [0.2, 0.25) is 0 Å². The SMILES string of the molecule is COc1ccc(F)c(-c2ccc(COc3cccc([C@H](CC(=O)O)C4CC4)c3)cc2CN2[C@H](C)CCC[C@H]2C)c1. The Morgan fingerprint density at radius 2 is 1.75 bits per heavy atom. The lowest BCUT2D eigenvalue weighted by Crippen LogP contribution is -2.43. The van der Waals surface area contributed by atoms with Gasteiger partial charge in [-0.1, -0.05) is 36.8 Å². The molecule has 1 saturated heterocycles. The van der Waals surface area contributed by atoms with Crippen molar-refractivity contribution in [3.8, 4) is 22.6 Å². The summed E-state index contributed by atoms with van der Waals surface area (Å²) in [6.07, 6.45) is 5.87. The van der Waals surface area contributed by atoms with E-state index in [1.54, 1.807) is 19.2 Å². The molecule has 0 bridgehead atoms. The van der Waals surface area contributed by atoms with Gasteiger partial charge in [0.25, 0.3) is 0 Å². The van der Waals surface area contributed by atoms with Crippen LogP contribution in [0.3, 0.4) is 0 Å². The van der Waals surface area contributed by atoms with Crippen LogP contribution in [0, 0.1) is 11.7 Å². The number of hydrogen-bond acceptors (Lipinski definition) is 4. The van der Waals surface area contributed by atoms with Crippen molar-refractivity contribution in [3.63, 3.8) is 0 Å². The fourth-order valence-corrected chi connectivity index (χ4v) is 6.20. The van der Waals surface area contributed by atoms with E-state index in [2.05, 4.69) is 24.8 Å². The zero-order valence-electron chi connectivity index (χ0n) is 23.7. The third-order valence-corrected chi connectivity index (χ3v) is 8.64. The van der Waals surface area contributed by atoms with E-state index in [9.17, 15) is 9.90 Å². The Labute approximate surface area is 236 Å². The van der Waals surface area contributed by atoms with Gasteiger partial charge in [0.2, 0.25) is 0 Å². The van der Waals surface area contributed by atoms with Crippen molar-refractivity contribution in [2.75, 3.05) is 7.11 Å². The van der Waals surface area contributed by atoms with Crippen LogP contribution in [0.4, 0.5) is 4.39 Å². The summed E-state index contributed by atoms with van der Waals surface area (Å²) in [6.45, 7) is 5.66. The Morgan fingerprint density at radius 3 is 2.45 bits per heavy atom. The van der Waals surface area contributed by atoms with Gasteiger partial charge >= 0.3 is 5.97 Å². The minimum atomic E-state index is -0.763. The molecule has 3 aromatic carbocycles. The van der Waals surface area contributed by atoms with Crippen LogP contribution >= 0.6 is 0 Å². The summed E-state index contributed by atoms with van der Waals surface area (Å²) < 4.78 is 26.7. The molecule has 2 fully saturated rings. The van der Waals surface area contributed by atoms with Gasteiger partial charge in [-0.25, -0.2) is 4.39 Å². The number of nitrogens with zero attached hydrogens (tertiary/aromatic N) is 1. The van der Waals surface area contributed by atoms with Gasteiger partial charge in [-0.2, -0.15) is 0 Å². The fourth-order valence-electron chi connectivity index (χ4n) is 6.20. The van der Waals surface area contributed by atoms with Gasteiger partial charge in [-0.15, -0.1) is 0 Å². The Morgan fingerprint density at radius 1 is 0.975 bits per heavy atom. The number of carboxylic acids is 1. The highest BCUT2D eigenvalue weighted by Crippen LogP contribution is 2.45. The monoisotopic (exact) mass is 545 g/mol. The number of hydrogen-bond donors (Lipinski definition) is 1. The number of likely N-dealkylation sites (tertiary alicyclic amines) is 1. The lowest BCUT2D eigenvalue weighted by atomic mass is 9.91. The highest BCUT2D eigenvalue weighted by molar-refractivity contribution is 5.70. The van der Waals surface area contributed by atoms with Gasteiger partial charge in [0, 0.05) is 24.2 Å². The standard InChI is InChI=1S/C34H40FNO4/c1-22-6-4-7-23(2)36(22)20-27-16-24(10-14-30(27)32-18-28(39-3)13-15-33(32)35)21-40-29-9-5-8-26(17-29)31(19-34(37)38)25-11-12-25/h5,8-10,13-18,22-23,25,31H,4,6-7,11-12,19-21H2,1-3H3,(H,37,38)/t22-,23-,31-/m1/s1. The Hall–Kier alpha value is -3.38. The maximum absolute atomic E-state index is 15.1. The second-order valence-electron chi connectivity index (χ2n) is 11.5. The molecule has 1 aliphatic heterocycles. The first-order chi connectivity index (χ1) is 19.3. The molecule has 40 heavy (non-hydrogen) atoms. The predicted molar refractivity (Wildman–Crippen MR) is 155 cm³/mol. The summed E-state index contributed by atoms with van der Waals surface area (Å²) in [5.41, 5.74) is 4.51. The first-order valence-electron chi connectivity index (χ1n) is 14.5. The third kappa shape index (κ3) is 6.67. The lowest BCUT2D eigenvalue weighted by molar-refractivity contribution is -0.137. The third-order valence-electron chi connectivity index (χ3n) is 8.64. The summed E-state index contributed by atoms with van der Waals surface area (Å²) in [5.74, 6) is 0.795. The fraction of sp³-hybridized carbons (Fsp3) is 0.441. The van der Waals surface area contributed by atoms with Crippen molar-refractivity contribution >= 4 is 5.97 Å². The molecule has 0 unspecified atom stereocenters. The normalized spacial score (nSPS) is 20.2. The Kier molecular flexibility index (Phi) is 8.75. The number of piperidine rings is 1. The van der Waals surface area contributed by atoms with Crippen molar-refractivity contribution in [1.82, 2.24) is 4.90 Å². The summed E-state index contributed by atoms with van der Waals surface area (Å²) in [5, 5.41) is 9.41. The zero-order valence-corrected chi connectivity index (χ0v) is 23.7. The zero-order chi connectivity index (χ0) is 28.2. The van der Waals surface area contributed by atoms with Crippen molar-refractivity contribution in [3.05, 3.63) is 83.2 Å². The van der Waals surface area contributed by atoms with Gasteiger partial charge < -0.3 is 14.6 Å². The average molecular weight is 546 g/mol. The lowest BCUT2D eigenvalue weighted by Gasteiger charge is -2.39. The highest BCUT2D eigenvalue weighted by Gasteiger charge is 2.34. The van der Waals surface area contributed by atoms with Gasteiger partial charge in [-0.05, 0) is 104 Å². The number of halogens is 1. The summed E-state index contributed by atoms with van der Waals surface area (Å²) in [6, 6.07) is 19.8. The van der Waals surface area contributed by atoms with E-state index in [0.29, 0.717) is 35.9 Å². The van der Waals surface area contributed by atoms with Gasteiger partial charge in [0.05, 0.1) is 13.5 Å². The molecule has 0 radical (unpaired) electrons. The van der Waals surface area contributed by atoms with Crippen LogP contribution in [-0.2, 0) is 17.9 Å². The summed E-state index contributed by atoms with van der Waals surface area (Å²) >= 11 is 0. The maximum Gasteiger partial charge on any atom is 0.303 e. The number of methoxy groups -OCH3 is 1. The summed E-state index contributed by atoms with van der Waals surface area (Å²) in [4.78, 5) is 14.0. The van der Waals surface area contributed by atoms with Crippen LogP contribution in [-0.4, -0.2) is 35.2 Å². The minimum absolute atomic E-state index is 0.0261. The van der Waals surface area contributed by atoms with E-state index in [1.807, 2.05) is 36.4 Å². The molecule has 2 aliphatic rings. The summed E-state index contributed by atoms with van der Waals surface area (Å²) in [7, 11) is 1.60. The first kappa shape index (κ1) is 28.2. The molecule has 3 aromatic rings. The predicted octanol–water partition coefficient (Wildman–Crippen LogP) is 7.81. The van der Waals surface area contributed by atoms with Crippen molar-refractivity contribution in [1.29, 1.82) is 0 Å². The van der Waals surface area contributed by atoms with E-state index in [-0.39, 0.29) is 18.2 Å². The molecule has 0 aromatic heterocycles. The molecule has 1 N–H and O–H groups in total. The quantitative estimate of drug-likeness (QED) is 0.266. The van der Waals surface area contributed by atoms with Crippen LogP contribution in [0.25, 0.3) is 11.1 Å². The molecule has 1 saturated carbocycles. The van der Waals surface area contributed by atoms with E-state index >= 15 is 4.39 Å². The molecule has 0 amide bonds. The number of ether oxygens (including phenoxy) is 2. The Bertz CT molecular complexity index is 1330. The average Bonchev–Trinajstić information content (AvgIpc) is 3.79. The second-order valence-corrected chi connectivity index (χ2v) is 11.5. The van der Waals surface area contributed by atoms with Gasteiger partial charge in [0.1, 0.15) is 23.9 Å². The molecule has 212 valence electrons. The molecular weight excluding hydrogens is 505 g/mol. The van der Waals surface area contributed by atoms with Crippen molar-refractivity contribution < 1.29 is 23.8 Å².